The molecule has 0 radical (unpaired) electrons. The van der Waals surface area contributed by atoms with Gasteiger partial charge in [0.25, 0.3) is 0 Å². The van der Waals surface area contributed by atoms with Gasteiger partial charge in [-0.2, -0.15) is 0 Å². The summed E-state index contributed by atoms with van der Waals surface area (Å²) in [6.45, 7) is 9.03. The zero-order valence-electron chi connectivity index (χ0n) is 12.3. The number of hydrogen-bond donors (Lipinski definition) is 1. The van der Waals surface area contributed by atoms with Gasteiger partial charge in [0.05, 0.1) is 0 Å². The number of nitrogens with two attached hydrogens (primary N) is 1. The molecular formula is C15H32N2. The normalized spacial score (nSPS) is 30.2. The third kappa shape index (κ3) is 4.26. The van der Waals surface area contributed by atoms with Crippen LogP contribution in [0, 0.1) is 11.8 Å². The molecule has 0 aromatic carbocycles. The molecule has 0 amide bonds. The van der Waals surface area contributed by atoms with Gasteiger partial charge in [0.1, 0.15) is 0 Å². The first-order valence-electron chi connectivity index (χ1n) is 7.41. The maximum atomic E-state index is 6.07. The minimum absolute atomic E-state index is 0.309. The molecule has 1 aliphatic carbocycles. The topological polar surface area (TPSA) is 29.3 Å². The van der Waals surface area contributed by atoms with Crippen LogP contribution in [-0.2, 0) is 0 Å². The van der Waals surface area contributed by atoms with E-state index in [2.05, 4.69) is 32.7 Å². The van der Waals surface area contributed by atoms with Gasteiger partial charge < -0.3 is 5.73 Å². The summed E-state index contributed by atoms with van der Waals surface area (Å²) in [5.41, 5.74) is 6.38. The summed E-state index contributed by atoms with van der Waals surface area (Å²) in [6.07, 6.45) is 7.94. The van der Waals surface area contributed by atoms with Gasteiger partial charge in [-0.1, -0.05) is 20.8 Å². The van der Waals surface area contributed by atoms with Crippen molar-refractivity contribution in [3.8, 4) is 0 Å². The molecule has 0 atom stereocenters. The molecule has 2 nitrogen and oxygen atoms in total. The van der Waals surface area contributed by atoms with E-state index in [1.807, 2.05) is 0 Å². The predicted molar refractivity (Wildman–Crippen MR) is 76.1 cm³/mol. The van der Waals surface area contributed by atoms with Crippen LogP contribution in [-0.4, -0.2) is 30.6 Å². The van der Waals surface area contributed by atoms with E-state index in [1.54, 1.807) is 0 Å². The van der Waals surface area contributed by atoms with Crippen LogP contribution in [0.2, 0.25) is 0 Å². The van der Waals surface area contributed by atoms with Gasteiger partial charge in [-0.3, -0.25) is 4.90 Å². The fourth-order valence-electron chi connectivity index (χ4n) is 3.02. The average Bonchev–Trinajstić information content (AvgIpc) is 2.30. The molecule has 0 heterocycles. The van der Waals surface area contributed by atoms with E-state index in [1.165, 1.54) is 45.1 Å². The van der Waals surface area contributed by atoms with Gasteiger partial charge in [0.2, 0.25) is 0 Å². The Bertz CT molecular complexity index is 205. The van der Waals surface area contributed by atoms with E-state index in [-0.39, 0.29) is 0 Å². The van der Waals surface area contributed by atoms with Crippen LogP contribution >= 0.6 is 0 Å². The molecule has 1 rings (SSSR count). The smallest absolute Gasteiger partial charge is 0.0328 e. The number of nitrogens with zero attached hydrogens (tertiary/aromatic N) is 1. The van der Waals surface area contributed by atoms with Crippen LogP contribution in [0.25, 0.3) is 0 Å². The lowest BCUT2D eigenvalue weighted by Crippen LogP contribution is -2.54. The Morgan fingerprint density at radius 1 is 1.29 bits per heavy atom. The summed E-state index contributed by atoms with van der Waals surface area (Å²) in [4.78, 5) is 2.56. The average molecular weight is 240 g/mol. The van der Waals surface area contributed by atoms with Crippen molar-refractivity contribution in [3.63, 3.8) is 0 Å². The van der Waals surface area contributed by atoms with Crippen LogP contribution < -0.4 is 5.73 Å². The molecule has 2 N–H and O–H groups in total. The lowest BCUT2D eigenvalue weighted by atomic mass is 9.76. The minimum atomic E-state index is 0.309. The molecule has 1 fully saturated rings. The highest BCUT2D eigenvalue weighted by Crippen LogP contribution is 2.35. The Labute approximate surface area is 108 Å². The van der Waals surface area contributed by atoms with Gasteiger partial charge in [0, 0.05) is 12.1 Å². The Morgan fingerprint density at radius 3 is 2.35 bits per heavy atom. The van der Waals surface area contributed by atoms with Crippen molar-refractivity contribution in [2.45, 2.75) is 64.8 Å². The Balaban J connectivity index is 2.43. The maximum absolute atomic E-state index is 6.07. The van der Waals surface area contributed by atoms with Gasteiger partial charge in [-0.05, 0) is 64.0 Å². The third-order valence-corrected chi connectivity index (χ3v) is 4.67. The molecule has 0 aliphatic heterocycles. The van der Waals surface area contributed by atoms with E-state index < -0.39 is 0 Å². The van der Waals surface area contributed by atoms with Gasteiger partial charge in [-0.15, -0.1) is 0 Å². The largest absolute Gasteiger partial charge is 0.329 e. The molecular weight excluding hydrogens is 208 g/mol. The molecule has 0 spiro atoms. The van der Waals surface area contributed by atoms with Crippen molar-refractivity contribution >= 4 is 0 Å². The van der Waals surface area contributed by atoms with Crippen molar-refractivity contribution in [1.82, 2.24) is 4.90 Å². The first kappa shape index (κ1) is 15.0. The summed E-state index contributed by atoms with van der Waals surface area (Å²) >= 11 is 0. The van der Waals surface area contributed by atoms with Crippen molar-refractivity contribution in [1.29, 1.82) is 0 Å². The highest BCUT2D eigenvalue weighted by molar-refractivity contribution is 4.94. The number of hydrogen-bond acceptors (Lipinski definition) is 2. The van der Waals surface area contributed by atoms with Crippen LogP contribution in [0.3, 0.4) is 0 Å². The molecule has 0 bridgehead atoms. The Hall–Kier alpha value is -0.0800. The zero-order valence-corrected chi connectivity index (χ0v) is 12.3. The first-order valence-corrected chi connectivity index (χ1v) is 7.41. The minimum Gasteiger partial charge on any atom is -0.329 e. The Morgan fingerprint density at radius 2 is 1.88 bits per heavy atom. The van der Waals surface area contributed by atoms with E-state index >= 15 is 0 Å². The molecule has 0 unspecified atom stereocenters. The van der Waals surface area contributed by atoms with E-state index in [0.717, 1.165) is 18.4 Å². The monoisotopic (exact) mass is 240 g/mol. The summed E-state index contributed by atoms with van der Waals surface area (Å²) in [5.74, 6) is 1.72. The lowest BCUT2D eigenvalue weighted by Gasteiger charge is -2.45. The standard InChI is InChI=1S/C15H32N2/c1-13(2)6-5-11-17(4)15(12-16)9-7-14(3)8-10-15/h13-14H,5-12,16H2,1-4H3. The van der Waals surface area contributed by atoms with Gasteiger partial charge in [-0.25, -0.2) is 0 Å². The SMILES string of the molecule is CC(C)CCCN(C)C1(CN)CCC(C)CC1. The molecule has 17 heavy (non-hydrogen) atoms. The van der Waals surface area contributed by atoms with Crippen LogP contribution in [0.5, 0.6) is 0 Å². The zero-order chi connectivity index (χ0) is 12.9. The summed E-state index contributed by atoms with van der Waals surface area (Å²) in [5, 5.41) is 0. The molecule has 102 valence electrons. The summed E-state index contributed by atoms with van der Waals surface area (Å²) in [7, 11) is 2.28. The van der Waals surface area contributed by atoms with Crippen molar-refractivity contribution in [2.24, 2.45) is 17.6 Å². The molecule has 0 aromatic rings. The molecule has 0 aromatic heterocycles. The lowest BCUT2D eigenvalue weighted by molar-refractivity contribution is 0.0657. The molecule has 1 saturated carbocycles. The summed E-state index contributed by atoms with van der Waals surface area (Å²) in [6, 6.07) is 0. The number of likely N-dealkylation sites (N-methyl/N-ethyl adjacent to an activating group) is 1. The predicted octanol–water partition coefficient (Wildman–Crippen LogP) is 3.26. The van der Waals surface area contributed by atoms with E-state index in [4.69, 9.17) is 5.73 Å². The summed E-state index contributed by atoms with van der Waals surface area (Å²) < 4.78 is 0. The highest BCUT2D eigenvalue weighted by atomic mass is 15.2. The van der Waals surface area contributed by atoms with Crippen molar-refractivity contribution in [3.05, 3.63) is 0 Å². The molecule has 1 aliphatic rings. The third-order valence-electron chi connectivity index (χ3n) is 4.67. The second-order valence-electron chi connectivity index (χ2n) is 6.57. The van der Waals surface area contributed by atoms with Gasteiger partial charge in [0.15, 0.2) is 0 Å². The maximum Gasteiger partial charge on any atom is 0.0328 e. The molecule has 0 saturated heterocycles. The highest BCUT2D eigenvalue weighted by Gasteiger charge is 2.36. The molecule has 2 heteroatoms. The van der Waals surface area contributed by atoms with E-state index in [0.29, 0.717) is 5.54 Å². The van der Waals surface area contributed by atoms with Gasteiger partial charge >= 0.3 is 0 Å². The number of rotatable bonds is 6. The fourth-order valence-corrected chi connectivity index (χ4v) is 3.02. The second-order valence-corrected chi connectivity index (χ2v) is 6.57. The first-order chi connectivity index (χ1) is 8.00. The quantitative estimate of drug-likeness (QED) is 0.772. The van der Waals surface area contributed by atoms with Crippen LogP contribution in [0.1, 0.15) is 59.3 Å². The van der Waals surface area contributed by atoms with Crippen LogP contribution in [0.4, 0.5) is 0 Å². The van der Waals surface area contributed by atoms with Crippen LogP contribution in [0.15, 0.2) is 0 Å². The van der Waals surface area contributed by atoms with Crippen molar-refractivity contribution < 1.29 is 0 Å². The Kier molecular flexibility index (Phi) is 5.94. The fraction of sp³-hybridized carbons (Fsp3) is 1.00. The second kappa shape index (κ2) is 6.75. The van der Waals surface area contributed by atoms with Crippen molar-refractivity contribution in [2.75, 3.05) is 20.1 Å². The van der Waals surface area contributed by atoms with E-state index in [9.17, 15) is 0 Å².